The van der Waals surface area contributed by atoms with E-state index in [-0.39, 0.29) is 30.8 Å². The second-order valence-corrected chi connectivity index (χ2v) is 5.83. The molecule has 1 aromatic heterocycles. The summed E-state index contributed by atoms with van der Waals surface area (Å²) in [4.78, 5) is 34.6. The minimum absolute atomic E-state index is 0.0207. The number of carbonyl (C=O) groups is 3. The van der Waals surface area contributed by atoms with Gasteiger partial charge in [0.15, 0.2) is 0 Å². The number of hydrogen-bond acceptors (Lipinski definition) is 5. The molecule has 130 valence electrons. The summed E-state index contributed by atoms with van der Waals surface area (Å²) in [7, 11) is 0. The Labute approximate surface area is 143 Å². The van der Waals surface area contributed by atoms with Crippen LogP contribution < -0.4 is 10.6 Å². The standard InChI is InChI=1S/C16H17N5O4/c22-14(23)9-21-8-13(19-20-21)7-17-15(24)11-2-1-3-12(6-11)18-16(25)10-4-5-10/h1-3,6,8,10H,4-5,7,9H2,(H,17,24)(H,18,25)(H,22,23). The molecule has 0 unspecified atom stereocenters. The summed E-state index contributed by atoms with van der Waals surface area (Å²) in [5.41, 5.74) is 1.44. The Kier molecular flexibility index (Phi) is 4.73. The van der Waals surface area contributed by atoms with Crippen LogP contribution in [0.3, 0.4) is 0 Å². The summed E-state index contributed by atoms with van der Waals surface area (Å²) in [6.07, 6.45) is 3.28. The van der Waals surface area contributed by atoms with Gasteiger partial charge < -0.3 is 15.7 Å². The van der Waals surface area contributed by atoms with Crippen molar-refractivity contribution >= 4 is 23.5 Å². The number of carbonyl (C=O) groups excluding carboxylic acids is 2. The molecule has 0 radical (unpaired) electrons. The number of carboxylic acids is 1. The van der Waals surface area contributed by atoms with Crippen LogP contribution in [0, 0.1) is 5.92 Å². The van der Waals surface area contributed by atoms with Crippen LogP contribution >= 0.6 is 0 Å². The van der Waals surface area contributed by atoms with E-state index in [1.165, 1.54) is 10.9 Å². The highest BCUT2D eigenvalue weighted by Crippen LogP contribution is 2.30. The molecule has 1 heterocycles. The maximum absolute atomic E-state index is 12.2. The van der Waals surface area contributed by atoms with Gasteiger partial charge in [0.05, 0.1) is 12.7 Å². The van der Waals surface area contributed by atoms with Crippen LogP contribution in [0.25, 0.3) is 0 Å². The first-order valence-electron chi connectivity index (χ1n) is 7.81. The lowest BCUT2D eigenvalue weighted by Crippen LogP contribution is -2.23. The van der Waals surface area contributed by atoms with Crippen LogP contribution in [0.1, 0.15) is 28.9 Å². The molecule has 1 aromatic carbocycles. The number of hydrogen-bond donors (Lipinski definition) is 3. The second kappa shape index (κ2) is 7.12. The fourth-order valence-electron chi connectivity index (χ4n) is 2.24. The molecule has 0 atom stereocenters. The Morgan fingerprint density at radius 3 is 2.80 bits per heavy atom. The molecule has 2 amide bonds. The van der Waals surface area contributed by atoms with Crippen LogP contribution in [0.2, 0.25) is 0 Å². The van der Waals surface area contributed by atoms with Gasteiger partial charge in [-0.25, -0.2) is 4.68 Å². The zero-order valence-electron chi connectivity index (χ0n) is 13.3. The monoisotopic (exact) mass is 343 g/mol. The van der Waals surface area contributed by atoms with Gasteiger partial charge in [-0.15, -0.1) is 5.10 Å². The third-order valence-electron chi connectivity index (χ3n) is 3.65. The summed E-state index contributed by atoms with van der Waals surface area (Å²) in [5, 5.41) is 21.6. The molecule has 0 saturated heterocycles. The van der Waals surface area contributed by atoms with Crippen molar-refractivity contribution in [3.8, 4) is 0 Å². The zero-order chi connectivity index (χ0) is 17.8. The first-order chi connectivity index (χ1) is 12.0. The summed E-state index contributed by atoms with van der Waals surface area (Å²) < 4.78 is 1.18. The minimum Gasteiger partial charge on any atom is -0.480 e. The van der Waals surface area contributed by atoms with E-state index in [0.29, 0.717) is 16.9 Å². The average molecular weight is 343 g/mol. The van der Waals surface area contributed by atoms with Crippen molar-refractivity contribution in [1.82, 2.24) is 20.3 Å². The van der Waals surface area contributed by atoms with Gasteiger partial charge >= 0.3 is 5.97 Å². The number of amides is 2. The molecular formula is C16H17N5O4. The topological polar surface area (TPSA) is 126 Å². The summed E-state index contributed by atoms with van der Waals surface area (Å²) in [6, 6.07) is 6.68. The average Bonchev–Trinajstić information content (AvgIpc) is 3.34. The smallest absolute Gasteiger partial charge is 0.325 e. The fourth-order valence-corrected chi connectivity index (χ4v) is 2.24. The van der Waals surface area contributed by atoms with Crippen LogP contribution in [0.15, 0.2) is 30.5 Å². The first kappa shape index (κ1) is 16.6. The predicted octanol–water partition coefficient (Wildman–Crippen LogP) is 0.641. The number of carboxylic acid groups (broad SMARTS) is 1. The third-order valence-corrected chi connectivity index (χ3v) is 3.65. The summed E-state index contributed by atoms with van der Waals surface area (Å²) in [5.74, 6) is -1.28. The second-order valence-electron chi connectivity index (χ2n) is 5.83. The van der Waals surface area contributed by atoms with Crippen molar-refractivity contribution in [1.29, 1.82) is 0 Å². The van der Waals surface area contributed by atoms with Crippen molar-refractivity contribution in [3.05, 3.63) is 41.7 Å². The highest BCUT2D eigenvalue weighted by atomic mass is 16.4. The zero-order valence-corrected chi connectivity index (χ0v) is 13.3. The van der Waals surface area contributed by atoms with Crippen LogP contribution in [0.5, 0.6) is 0 Å². The quantitative estimate of drug-likeness (QED) is 0.677. The maximum Gasteiger partial charge on any atom is 0.325 e. The van der Waals surface area contributed by atoms with Gasteiger partial charge in [0, 0.05) is 17.2 Å². The molecule has 1 aliphatic rings. The molecule has 0 spiro atoms. The molecule has 3 N–H and O–H groups in total. The molecule has 1 fully saturated rings. The Morgan fingerprint density at radius 2 is 2.08 bits per heavy atom. The van der Waals surface area contributed by atoms with E-state index in [0.717, 1.165) is 12.8 Å². The van der Waals surface area contributed by atoms with Crippen LogP contribution in [0.4, 0.5) is 5.69 Å². The van der Waals surface area contributed by atoms with Gasteiger partial charge in [0.1, 0.15) is 12.2 Å². The summed E-state index contributed by atoms with van der Waals surface area (Å²) in [6.45, 7) is -0.166. The lowest BCUT2D eigenvalue weighted by molar-refractivity contribution is -0.137. The van der Waals surface area contributed by atoms with Gasteiger partial charge in [-0.2, -0.15) is 0 Å². The van der Waals surface area contributed by atoms with Crippen LogP contribution in [-0.4, -0.2) is 37.9 Å². The molecule has 0 bridgehead atoms. The molecule has 9 heteroatoms. The fraction of sp³-hybridized carbons (Fsp3) is 0.312. The molecule has 9 nitrogen and oxygen atoms in total. The molecule has 3 rings (SSSR count). The van der Waals surface area contributed by atoms with Crippen molar-refractivity contribution in [2.45, 2.75) is 25.9 Å². The van der Waals surface area contributed by atoms with Gasteiger partial charge in [0.25, 0.3) is 5.91 Å². The molecule has 25 heavy (non-hydrogen) atoms. The molecular weight excluding hydrogens is 326 g/mol. The lowest BCUT2D eigenvalue weighted by Gasteiger charge is -2.07. The number of benzene rings is 1. The molecule has 1 saturated carbocycles. The van der Waals surface area contributed by atoms with Crippen molar-refractivity contribution in [2.75, 3.05) is 5.32 Å². The normalized spacial score (nSPS) is 13.3. The van der Waals surface area contributed by atoms with E-state index < -0.39 is 5.97 Å². The maximum atomic E-state index is 12.2. The highest BCUT2D eigenvalue weighted by Gasteiger charge is 2.29. The largest absolute Gasteiger partial charge is 0.480 e. The Hall–Kier alpha value is -3.23. The summed E-state index contributed by atoms with van der Waals surface area (Å²) >= 11 is 0. The SMILES string of the molecule is O=C(O)Cn1cc(CNC(=O)c2cccc(NC(=O)C3CC3)c2)nn1. The predicted molar refractivity (Wildman–Crippen MR) is 86.6 cm³/mol. The van der Waals surface area contributed by atoms with Crippen LogP contribution in [-0.2, 0) is 22.7 Å². The van der Waals surface area contributed by atoms with Gasteiger partial charge in [-0.3, -0.25) is 14.4 Å². The van der Waals surface area contributed by atoms with E-state index in [9.17, 15) is 14.4 Å². The number of nitrogens with one attached hydrogen (secondary N) is 2. The number of anilines is 1. The number of nitrogens with zero attached hydrogens (tertiary/aromatic N) is 3. The minimum atomic E-state index is -1.02. The van der Waals surface area contributed by atoms with E-state index in [4.69, 9.17) is 5.11 Å². The van der Waals surface area contributed by atoms with E-state index in [2.05, 4.69) is 20.9 Å². The third kappa shape index (κ3) is 4.63. The first-order valence-corrected chi connectivity index (χ1v) is 7.81. The Bertz CT molecular complexity index is 812. The van der Waals surface area contributed by atoms with E-state index in [1.807, 2.05) is 0 Å². The van der Waals surface area contributed by atoms with Crippen molar-refractivity contribution < 1.29 is 19.5 Å². The number of rotatable bonds is 7. The van der Waals surface area contributed by atoms with E-state index >= 15 is 0 Å². The van der Waals surface area contributed by atoms with Gasteiger partial charge in [-0.05, 0) is 31.0 Å². The van der Waals surface area contributed by atoms with Gasteiger partial charge in [-0.1, -0.05) is 11.3 Å². The Morgan fingerprint density at radius 1 is 1.28 bits per heavy atom. The Balaban J connectivity index is 1.56. The highest BCUT2D eigenvalue weighted by molar-refractivity contribution is 5.98. The molecule has 0 aliphatic heterocycles. The molecule has 2 aromatic rings. The van der Waals surface area contributed by atoms with E-state index in [1.54, 1.807) is 24.3 Å². The van der Waals surface area contributed by atoms with Crippen molar-refractivity contribution in [3.63, 3.8) is 0 Å². The van der Waals surface area contributed by atoms with Crippen molar-refractivity contribution in [2.24, 2.45) is 5.92 Å². The molecule has 1 aliphatic carbocycles. The lowest BCUT2D eigenvalue weighted by atomic mass is 10.2. The van der Waals surface area contributed by atoms with Gasteiger partial charge in [0.2, 0.25) is 5.91 Å². The number of aromatic nitrogens is 3. The number of aliphatic carboxylic acids is 1.